The van der Waals surface area contributed by atoms with Crippen LogP contribution in [0.1, 0.15) is 29.3 Å². The van der Waals surface area contributed by atoms with Crippen LogP contribution in [0.4, 0.5) is 13.2 Å². The number of benzene rings is 1. The van der Waals surface area contributed by atoms with Gasteiger partial charge in [0.25, 0.3) is 5.19 Å². The first-order valence-corrected chi connectivity index (χ1v) is 7.73. The topological polar surface area (TPSA) is 47.0 Å². The molecule has 0 unspecified atom stereocenters. The molecule has 9 heteroatoms. The molecule has 0 bridgehead atoms. The van der Waals surface area contributed by atoms with Crippen LogP contribution in [0.5, 0.6) is 10.9 Å². The average molecular weight is 366 g/mol. The Hall–Kier alpha value is -1.38. The lowest BCUT2D eigenvalue weighted by atomic mass is 9.90. The molecule has 0 radical (unpaired) electrons. The molecular weight excluding hydrogens is 351 g/mol. The van der Waals surface area contributed by atoms with Gasteiger partial charge in [0.15, 0.2) is 0 Å². The number of ether oxygens (including phenoxy) is 1. The van der Waals surface area contributed by atoms with Gasteiger partial charge in [0, 0.05) is 0 Å². The molecule has 0 amide bonds. The Kier molecular flexibility index (Phi) is 5.83. The first-order chi connectivity index (χ1) is 10.5. The number of halogens is 4. The van der Waals surface area contributed by atoms with E-state index < -0.39 is 11.2 Å². The molecular formula is C14H15ClF3N3OS. The molecule has 3 rings (SSSR count). The summed E-state index contributed by atoms with van der Waals surface area (Å²) >= 11 is 0.389. The second-order valence-corrected chi connectivity index (χ2v) is 6.01. The van der Waals surface area contributed by atoms with E-state index in [0.717, 1.165) is 25.9 Å². The molecule has 1 N–H and O–H groups in total. The van der Waals surface area contributed by atoms with E-state index in [1.165, 1.54) is 5.56 Å². The minimum atomic E-state index is -4.49. The van der Waals surface area contributed by atoms with Crippen LogP contribution in [-0.2, 0) is 6.18 Å². The van der Waals surface area contributed by atoms with Crippen LogP contribution in [-0.4, -0.2) is 23.3 Å². The summed E-state index contributed by atoms with van der Waals surface area (Å²) in [6, 6.07) is 7.42. The Labute approximate surface area is 141 Å². The minimum absolute atomic E-state index is 0. The van der Waals surface area contributed by atoms with Gasteiger partial charge in [-0.2, -0.15) is 13.2 Å². The molecule has 126 valence electrons. The van der Waals surface area contributed by atoms with Crippen molar-refractivity contribution in [1.29, 1.82) is 0 Å². The standard InChI is InChI=1S/C14H14F3N3OS.ClH/c15-14(16,17)12-19-20-13(22-12)21-11-3-1-9(2-4-11)10-5-7-18-8-6-10;/h1-4,10,18H,5-8H2;1H. The highest BCUT2D eigenvalue weighted by molar-refractivity contribution is 7.13. The zero-order chi connectivity index (χ0) is 15.6. The van der Waals surface area contributed by atoms with Crippen molar-refractivity contribution in [2.24, 2.45) is 0 Å². The highest BCUT2D eigenvalue weighted by Crippen LogP contribution is 2.35. The quantitative estimate of drug-likeness (QED) is 0.883. The molecule has 1 aromatic carbocycles. The van der Waals surface area contributed by atoms with Crippen LogP contribution in [0.2, 0.25) is 0 Å². The summed E-state index contributed by atoms with van der Waals surface area (Å²) in [7, 11) is 0. The van der Waals surface area contributed by atoms with Crippen molar-refractivity contribution >= 4 is 23.7 Å². The van der Waals surface area contributed by atoms with Gasteiger partial charge in [-0.3, -0.25) is 0 Å². The summed E-state index contributed by atoms with van der Waals surface area (Å²) in [5.74, 6) is 0.983. The SMILES string of the molecule is Cl.FC(F)(F)c1nnc(Oc2ccc(C3CCNCC3)cc2)s1. The smallest absolute Gasteiger partial charge is 0.430 e. The Morgan fingerprint density at radius 1 is 1.09 bits per heavy atom. The highest BCUT2D eigenvalue weighted by Gasteiger charge is 2.36. The van der Waals surface area contributed by atoms with E-state index >= 15 is 0 Å². The molecule has 2 aromatic rings. The predicted molar refractivity (Wildman–Crippen MR) is 83.5 cm³/mol. The molecule has 0 atom stereocenters. The zero-order valence-corrected chi connectivity index (χ0v) is 13.6. The highest BCUT2D eigenvalue weighted by atomic mass is 35.5. The van der Waals surface area contributed by atoms with Crippen molar-refractivity contribution in [3.8, 4) is 10.9 Å². The summed E-state index contributed by atoms with van der Waals surface area (Å²) in [6.07, 6.45) is -2.31. The fraction of sp³-hybridized carbons (Fsp3) is 0.429. The van der Waals surface area contributed by atoms with Gasteiger partial charge >= 0.3 is 6.18 Å². The third kappa shape index (κ3) is 4.55. The fourth-order valence-corrected chi connectivity index (χ4v) is 3.01. The van der Waals surface area contributed by atoms with Gasteiger partial charge in [-0.25, -0.2) is 0 Å². The van der Waals surface area contributed by atoms with Gasteiger partial charge in [-0.15, -0.1) is 17.5 Å². The van der Waals surface area contributed by atoms with Crippen molar-refractivity contribution in [2.45, 2.75) is 24.9 Å². The lowest BCUT2D eigenvalue weighted by molar-refractivity contribution is -0.138. The Morgan fingerprint density at radius 3 is 2.30 bits per heavy atom. The molecule has 1 aliphatic rings. The van der Waals surface area contributed by atoms with Crippen LogP contribution in [0.15, 0.2) is 24.3 Å². The van der Waals surface area contributed by atoms with Crippen LogP contribution in [0.3, 0.4) is 0 Å². The molecule has 1 fully saturated rings. The van der Waals surface area contributed by atoms with E-state index in [0.29, 0.717) is 23.0 Å². The number of nitrogens with one attached hydrogen (secondary N) is 1. The number of hydrogen-bond acceptors (Lipinski definition) is 5. The number of alkyl halides is 3. The third-order valence-electron chi connectivity index (χ3n) is 3.54. The number of aromatic nitrogens is 2. The van der Waals surface area contributed by atoms with Crippen LogP contribution in [0, 0.1) is 0 Å². The summed E-state index contributed by atoms with van der Waals surface area (Å²) in [6.45, 7) is 2.02. The van der Waals surface area contributed by atoms with E-state index in [2.05, 4.69) is 15.5 Å². The summed E-state index contributed by atoms with van der Waals surface area (Å²) < 4.78 is 42.7. The molecule has 23 heavy (non-hydrogen) atoms. The molecule has 1 saturated heterocycles. The molecule has 0 spiro atoms. The maximum atomic E-state index is 12.4. The monoisotopic (exact) mass is 365 g/mol. The Balaban J connectivity index is 0.00000192. The maximum absolute atomic E-state index is 12.4. The van der Waals surface area contributed by atoms with Gasteiger partial charge in [-0.05, 0) is 49.5 Å². The average Bonchev–Trinajstić information content (AvgIpc) is 2.98. The van der Waals surface area contributed by atoms with E-state index in [4.69, 9.17) is 4.74 Å². The summed E-state index contributed by atoms with van der Waals surface area (Å²) in [4.78, 5) is 0. The normalized spacial score (nSPS) is 16.0. The van der Waals surface area contributed by atoms with E-state index in [1.54, 1.807) is 12.1 Å². The van der Waals surface area contributed by atoms with Crippen molar-refractivity contribution in [3.05, 3.63) is 34.8 Å². The zero-order valence-electron chi connectivity index (χ0n) is 12.0. The van der Waals surface area contributed by atoms with Crippen molar-refractivity contribution < 1.29 is 17.9 Å². The fourth-order valence-electron chi connectivity index (χ4n) is 2.43. The number of nitrogens with zero attached hydrogens (tertiary/aromatic N) is 2. The first kappa shape index (κ1) is 18.0. The Morgan fingerprint density at radius 2 is 1.74 bits per heavy atom. The second-order valence-electron chi connectivity index (χ2n) is 5.07. The van der Waals surface area contributed by atoms with Crippen molar-refractivity contribution in [3.63, 3.8) is 0 Å². The van der Waals surface area contributed by atoms with Gasteiger partial charge in [0.1, 0.15) is 5.75 Å². The maximum Gasteiger partial charge on any atom is 0.445 e. The summed E-state index contributed by atoms with van der Waals surface area (Å²) in [5.41, 5.74) is 1.22. The van der Waals surface area contributed by atoms with Gasteiger partial charge in [-0.1, -0.05) is 28.6 Å². The third-order valence-corrected chi connectivity index (χ3v) is 4.39. The molecule has 0 aliphatic carbocycles. The van der Waals surface area contributed by atoms with Gasteiger partial charge in [0.05, 0.1) is 0 Å². The van der Waals surface area contributed by atoms with Crippen molar-refractivity contribution in [2.75, 3.05) is 13.1 Å². The largest absolute Gasteiger partial charge is 0.445 e. The second kappa shape index (κ2) is 7.46. The van der Waals surface area contributed by atoms with E-state index in [9.17, 15) is 13.2 Å². The summed E-state index contributed by atoms with van der Waals surface area (Å²) in [5, 5.41) is 8.69. The molecule has 1 aliphatic heterocycles. The molecule has 0 saturated carbocycles. The minimum Gasteiger partial charge on any atom is -0.430 e. The molecule has 1 aromatic heterocycles. The van der Waals surface area contributed by atoms with E-state index in [-0.39, 0.29) is 17.6 Å². The van der Waals surface area contributed by atoms with Crippen LogP contribution < -0.4 is 10.1 Å². The lowest BCUT2D eigenvalue weighted by Gasteiger charge is -2.22. The molecule has 2 heterocycles. The van der Waals surface area contributed by atoms with Crippen molar-refractivity contribution in [1.82, 2.24) is 15.5 Å². The Bertz CT molecular complexity index is 627. The molecule has 4 nitrogen and oxygen atoms in total. The first-order valence-electron chi connectivity index (χ1n) is 6.91. The lowest BCUT2D eigenvalue weighted by Crippen LogP contribution is -2.26. The number of hydrogen-bond donors (Lipinski definition) is 1. The van der Waals surface area contributed by atoms with E-state index in [1.807, 2.05) is 12.1 Å². The number of piperidine rings is 1. The van der Waals surface area contributed by atoms with Gasteiger partial charge < -0.3 is 10.1 Å². The van der Waals surface area contributed by atoms with Crippen LogP contribution in [0.25, 0.3) is 0 Å². The van der Waals surface area contributed by atoms with Gasteiger partial charge in [0.2, 0.25) is 5.01 Å². The number of rotatable bonds is 3. The van der Waals surface area contributed by atoms with Crippen LogP contribution >= 0.6 is 23.7 Å². The predicted octanol–water partition coefficient (Wildman–Crippen LogP) is 4.24.